The largest absolute Gasteiger partial charge is 0.456 e. The minimum atomic E-state index is 0.886. The SMILES string of the molecule is CSCc1ccc(Nc2ccccc2)c(-c2cccc(-c3ccc4c(c3)c3cc(-c5cccc(-c6cc(C)ccc6Nc6ccccc6)c5)ccc3n4-c3ccc4oc5ccccc5c4c3)c2)c1. The molecular formula is C63H47N3OS. The van der Waals surface area contributed by atoms with Crippen LogP contribution in [0.5, 0.6) is 0 Å². The molecule has 2 heterocycles. The minimum Gasteiger partial charge on any atom is -0.456 e. The number of hydrogen-bond donors (Lipinski definition) is 2. The Balaban J connectivity index is 1.00. The molecule has 0 aliphatic rings. The van der Waals surface area contributed by atoms with E-state index in [1.807, 2.05) is 30.0 Å². The topological polar surface area (TPSA) is 42.1 Å². The fraction of sp³-hybridized carbons (Fsp3) is 0.0476. The summed E-state index contributed by atoms with van der Waals surface area (Å²) in [4.78, 5) is 0. The quantitative estimate of drug-likeness (QED) is 0.136. The van der Waals surface area contributed by atoms with Gasteiger partial charge in [-0.05, 0) is 161 Å². The Labute approximate surface area is 400 Å². The molecule has 0 saturated heterocycles. The zero-order valence-corrected chi connectivity index (χ0v) is 38.6. The van der Waals surface area contributed by atoms with Crippen molar-refractivity contribution in [2.75, 3.05) is 16.9 Å². The van der Waals surface area contributed by atoms with Crippen LogP contribution in [0.1, 0.15) is 11.1 Å². The molecule has 68 heavy (non-hydrogen) atoms. The molecule has 0 bridgehead atoms. The number of hydrogen-bond acceptors (Lipinski definition) is 4. The van der Waals surface area contributed by atoms with E-state index in [1.165, 1.54) is 44.2 Å². The van der Waals surface area contributed by atoms with Gasteiger partial charge in [0.15, 0.2) is 0 Å². The molecule has 0 spiro atoms. The van der Waals surface area contributed by atoms with Crippen LogP contribution in [0.25, 0.3) is 93.9 Å². The van der Waals surface area contributed by atoms with Crippen molar-refractivity contribution in [1.82, 2.24) is 4.57 Å². The molecule has 0 atom stereocenters. The van der Waals surface area contributed by atoms with Crippen molar-refractivity contribution in [3.8, 4) is 50.2 Å². The first-order chi connectivity index (χ1) is 33.5. The molecule has 4 nitrogen and oxygen atoms in total. The average molecular weight is 894 g/mol. The second-order valence-corrected chi connectivity index (χ2v) is 18.4. The Hall–Kier alpha value is -8.25. The normalized spacial score (nSPS) is 11.5. The van der Waals surface area contributed by atoms with Gasteiger partial charge < -0.3 is 19.6 Å². The van der Waals surface area contributed by atoms with Gasteiger partial charge in [-0.3, -0.25) is 0 Å². The molecule has 2 aromatic heterocycles. The van der Waals surface area contributed by atoms with Gasteiger partial charge in [0, 0.05) is 66.9 Å². The van der Waals surface area contributed by atoms with Crippen LogP contribution in [0.4, 0.5) is 22.7 Å². The molecule has 0 saturated carbocycles. The van der Waals surface area contributed by atoms with Crippen molar-refractivity contribution in [2.45, 2.75) is 12.7 Å². The number of nitrogens with zero attached hydrogens (tertiary/aromatic N) is 1. The summed E-state index contributed by atoms with van der Waals surface area (Å²) < 4.78 is 8.71. The fourth-order valence-electron chi connectivity index (χ4n) is 9.80. The van der Waals surface area contributed by atoms with Crippen molar-refractivity contribution in [1.29, 1.82) is 0 Å². The van der Waals surface area contributed by atoms with Gasteiger partial charge in [0.1, 0.15) is 11.2 Å². The summed E-state index contributed by atoms with van der Waals surface area (Å²) in [6.45, 7) is 2.16. The number of thioether (sulfide) groups is 1. The third-order valence-corrected chi connectivity index (χ3v) is 13.7. The van der Waals surface area contributed by atoms with E-state index < -0.39 is 0 Å². The van der Waals surface area contributed by atoms with E-state index in [4.69, 9.17) is 4.42 Å². The highest BCUT2D eigenvalue weighted by Crippen LogP contribution is 2.41. The van der Waals surface area contributed by atoms with Crippen LogP contribution >= 0.6 is 11.8 Å². The van der Waals surface area contributed by atoms with Crippen LogP contribution in [0, 0.1) is 6.92 Å². The molecule has 0 aliphatic carbocycles. The number of aryl methyl sites for hydroxylation is 1. The van der Waals surface area contributed by atoms with Gasteiger partial charge in [-0.15, -0.1) is 0 Å². The molecule has 326 valence electrons. The first-order valence-corrected chi connectivity index (χ1v) is 24.5. The minimum absolute atomic E-state index is 0.886. The molecule has 0 fully saturated rings. The summed E-state index contributed by atoms with van der Waals surface area (Å²) in [6.07, 6.45) is 2.16. The standard InChI is InChI=1S/C63H47N3OS/c1-41-23-28-58(64-49-17-5-3-6-18-49)53(33-41)47-15-11-13-43(35-47)45-25-30-60-55(37-45)56-38-46(26-31-61(56)66(60)51-27-32-63-57(39-51)52-21-9-10-22-62(52)67-63)44-14-12-16-48(36-44)54-34-42(40-68-2)24-29-59(54)65-50-19-7-4-8-20-50/h3-39,64-65H,40H2,1-2H3. The van der Waals surface area contributed by atoms with Gasteiger partial charge in [0.25, 0.3) is 0 Å². The Morgan fingerprint density at radius 3 is 1.59 bits per heavy atom. The first kappa shape index (κ1) is 41.2. The summed E-state index contributed by atoms with van der Waals surface area (Å²) in [5.74, 6) is 0.952. The molecule has 2 N–H and O–H groups in total. The van der Waals surface area contributed by atoms with Gasteiger partial charge in [-0.25, -0.2) is 0 Å². The van der Waals surface area contributed by atoms with E-state index >= 15 is 0 Å². The monoisotopic (exact) mass is 893 g/mol. The van der Waals surface area contributed by atoms with E-state index in [2.05, 4.69) is 235 Å². The predicted molar refractivity (Wildman–Crippen MR) is 291 cm³/mol. The van der Waals surface area contributed by atoms with Crippen molar-refractivity contribution in [2.24, 2.45) is 0 Å². The summed E-state index contributed by atoms with van der Waals surface area (Å²) in [5, 5.41) is 12.0. The fourth-order valence-corrected chi connectivity index (χ4v) is 10.3. The molecule has 0 radical (unpaired) electrons. The number of rotatable bonds is 11. The lowest BCUT2D eigenvalue weighted by Crippen LogP contribution is -1.95. The van der Waals surface area contributed by atoms with Crippen LogP contribution in [-0.2, 0) is 5.75 Å². The second kappa shape index (κ2) is 17.5. The molecule has 0 amide bonds. The Morgan fingerprint density at radius 2 is 0.956 bits per heavy atom. The third kappa shape index (κ3) is 7.77. The van der Waals surface area contributed by atoms with E-state index in [0.29, 0.717) is 0 Å². The summed E-state index contributed by atoms with van der Waals surface area (Å²) in [6, 6.07) is 81.0. The van der Waals surface area contributed by atoms with Crippen molar-refractivity contribution >= 4 is 78.3 Å². The van der Waals surface area contributed by atoms with Gasteiger partial charge in [0.2, 0.25) is 0 Å². The number of nitrogens with one attached hydrogen (secondary N) is 2. The van der Waals surface area contributed by atoms with Gasteiger partial charge in [0.05, 0.1) is 11.0 Å². The number of para-hydroxylation sites is 3. The number of fused-ring (bicyclic) bond motifs is 6. The van der Waals surface area contributed by atoms with Gasteiger partial charge >= 0.3 is 0 Å². The maximum Gasteiger partial charge on any atom is 0.135 e. The third-order valence-electron chi connectivity index (χ3n) is 13.1. The molecule has 10 aromatic carbocycles. The van der Waals surface area contributed by atoms with Crippen LogP contribution in [0.3, 0.4) is 0 Å². The lowest BCUT2D eigenvalue weighted by molar-refractivity contribution is 0.669. The second-order valence-electron chi connectivity index (χ2n) is 17.6. The Kier molecular flexibility index (Phi) is 10.6. The van der Waals surface area contributed by atoms with Crippen molar-refractivity contribution in [3.63, 3.8) is 0 Å². The lowest BCUT2D eigenvalue weighted by atomic mass is 9.95. The zero-order chi connectivity index (χ0) is 45.6. The highest BCUT2D eigenvalue weighted by Gasteiger charge is 2.18. The molecular weight excluding hydrogens is 847 g/mol. The van der Waals surface area contributed by atoms with Crippen LogP contribution in [0.2, 0.25) is 0 Å². The van der Waals surface area contributed by atoms with Gasteiger partial charge in [-0.2, -0.15) is 11.8 Å². The van der Waals surface area contributed by atoms with E-state index in [-0.39, 0.29) is 0 Å². The first-order valence-electron chi connectivity index (χ1n) is 23.1. The van der Waals surface area contributed by atoms with E-state index in [0.717, 1.165) is 89.4 Å². The maximum atomic E-state index is 6.29. The number of anilines is 4. The molecule has 5 heteroatoms. The summed E-state index contributed by atoms with van der Waals surface area (Å²) in [7, 11) is 0. The number of aromatic nitrogens is 1. The highest BCUT2D eigenvalue weighted by molar-refractivity contribution is 7.97. The van der Waals surface area contributed by atoms with Crippen molar-refractivity contribution in [3.05, 3.63) is 236 Å². The predicted octanol–water partition coefficient (Wildman–Crippen LogP) is 18.0. The summed E-state index contributed by atoms with van der Waals surface area (Å²) >= 11 is 1.84. The number of benzene rings is 10. The van der Waals surface area contributed by atoms with E-state index in [1.54, 1.807) is 0 Å². The number of furan rings is 1. The zero-order valence-electron chi connectivity index (χ0n) is 37.8. The molecule has 12 rings (SSSR count). The van der Waals surface area contributed by atoms with Crippen molar-refractivity contribution < 1.29 is 4.42 Å². The molecule has 12 aromatic rings. The summed E-state index contributed by atoms with van der Waals surface area (Å²) in [5.41, 5.74) is 21.3. The molecule has 0 unspecified atom stereocenters. The van der Waals surface area contributed by atoms with Crippen LogP contribution in [0.15, 0.2) is 229 Å². The highest BCUT2D eigenvalue weighted by atomic mass is 32.2. The molecule has 0 aliphatic heterocycles. The Bertz CT molecular complexity index is 3830. The lowest BCUT2D eigenvalue weighted by Gasteiger charge is -2.15. The van der Waals surface area contributed by atoms with Crippen LogP contribution in [-0.4, -0.2) is 10.8 Å². The smallest absolute Gasteiger partial charge is 0.135 e. The maximum absolute atomic E-state index is 6.29. The van der Waals surface area contributed by atoms with Gasteiger partial charge in [-0.1, -0.05) is 121 Å². The average Bonchev–Trinajstić information content (AvgIpc) is 3.93. The Morgan fingerprint density at radius 1 is 0.412 bits per heavy atom. The van der Waals surface area contributed by atoms with Crippen LogP contribution < -0.4 is 10.6 Å². The van der Waals surface area contributed by atoms with E-state index in [9.17, 15) is 0 Å².